The van der Waals surface area contributed by atoms with Crippen LogP contribution in [-0.4, -0.2) is 45.4 Å². The van der Waals surface area contributed by atoms with E-state index in [4.69, 9.17) is 14.2 Å². The third kappa shape index (κ3) is 19.7. The van der Waals surface area contributed by atoms with E-state index in [0.717, 1.165) is 25.2 Å². The molecule has 3 nitrogen and oxygen atoms in total. The molecule has 0 atom stereocenters. The summed E-state index contributed by atoms with van der Waals surface area (Å²) in [5, 5.41) is 0. The summed E-state index contributed by atoms with van der Waals surface area (Å²) in [5.74, 6) is 1.01. The largest absolute Gasteiger partial charge is 0.379 e. The van der Waals surface area contributed by atoms with Gasteiger partial charge in [0.1, 0.15) is 0 Å². The molecular formula is C18H34O3S. The summed E-state index contributed by atoms with van der Waals surface area (Å²) in [6, 6.07) is 0. The van der Waals surface area contributed by atoms with Gasteiger partial charge >= 0.3 is 0 Å². The van der Waals surface area contributed by atoms with Gasteiger partial charge in [-0.3, -0.25) is 0 Å². The summed E-state index contributed by atoms with van der Waals surface area (Å²) in [7, 11) is 0. The standard InChI is InChI=1S/C18H34O3S/c1-2-12-19-14-16-21-17-15-20-13-10-8-6-4-3-5-7-9-11-18-22/h2-4,22H,1,5-18H2/b4-3+. The van der Waals surface area contributed by atoms with Gasteiger partial charge in [-0.05, 0) is 44.3 Å². The van der Waals surface area contributed by atoms with Crippen molar-refractivity contribution in [2.75, 3.05) is 45.4 Å². The molecule has 0 bridgehead atoms. The highest BCUT2D eigenvalue weighted by molar-refractivity contribution is 7.80. The maximum atomic E-state index is 5.52. The van der Waals surface area contributed by atoms with Crippen molar-refractivity contribution in [1.29, 1.82) is 0 Å². The smallest absolute Gasteiger partial charge is 0.0704 e. The molecule has 0 saturated carbocycles. The van der Waals surface area contributed by atoms with E-state index >= 15 is 0 Å². The first-order valence-corrected chi connectivity index (χ1v) is 9.15. The van der Waals surface area contributed by atoms with Crippen molar-refractivity contribution in [1.82, 2.24) is 0 Å². The van der Waals surface area contributed by atoms with Crippen LogP contribution in [0.1, 0.15) is 44.9 Å². The van der Waals surface area contributed by atoms with Gasteiger partial charge in [0.05, 0.1) is 33.0 Å². The molecule has 0 saturated heterocycles. The molecule has 0 N–H and O–H groups in total. The number of ether oxygens (including phenoxy) is 3. The molecule has 4 heteroatoms. The Bertz CT molecular complexity index is 244. The predicted molar refractivity (Wildman–Crippen MR) is 98.0 cm³/mol. The van der Waals surface area contributed by atoms with E-state index in [1.54, 1.807) is 6.08 Å². The van der Waals surface area contributed by atoms with Crippen LogP contribution in [-0.2, 0) is 14.2 Å². The lowest BCUT2D eigenvalue weighted by atomic mass is 10.1. The van der Waals surface area contributed by atoms with Crippen molar-refractivity contribution in [2.45, 2.75) is 44.9 Å². The summed E-state index contributed by atoms with van der Waals surface area (Å²) in [5.41, 5.74) is 0. The molecule has 22 heavy (non-hydrogen) atoms. The van der Waals surface area contributed by atoms with Crippen molar-refractivity contribution in [2.24, 2.45) is 0 Å². The number of hydrogen-bond acceptors (Lipinski definition) is 4. The van der Waals surface area contributed by atoms with E-state index in [0.29, 0.717) is 33.0 Å². The molecule has 0 aliphatic carbocycles. The Morgan fingerprint density at radius 2 is 1.27 bits per heavy atom. The Balaban J connectivity index is 3.02. The summed E-state index contributed by atoms with van der Waals surface area (Å²) >= 11 is 4.21. The maximum Gasteiger partial charge on any atom is 0.0704 e. The minimum atomic E-state index is 0.587. The van der Waals surface area contributed by atoms with Gasteiger partial charge in [-0.2, -0.15) is 12.6 Å². The fraction of sp³-hybridized carbons (Fsp3) is 0.778. The third-order valence-electron chi connectivity index (χ3n) is 3.08. The maximum absolute atomic E-state index is 5.52. The Labute approximate surface area is 142 Å². The Kier molecular flexibility index (Phi) is 20.4. The van der Waals surface area contributed by atoms with Crippen LogP contribution < -0.4 is 0 Å². The van der Waals surface area contributed by atoms with Crippen LogP contribution in [0, 0.1) is 0 Å². The molecule has 0 aromatic heterocycles. The second kappa shape index (κ2) is 20.7. The Morgan fingerprint density at radius 1 is 0.682 bits per heavy atom. The first-order valence-electron chi connectivity index (χ1n) is 8.51. The zero-order valence-electron chi connectivity index (χ0n) is 14.0. The van der Waals surface area contributed by atoms with Crippen molar-refractivity contribution in [3.8, 4) is 0 Å². The molecule has 0 aromatic rings. The van der Waals surface area contributed by atoms with Gasteiger partial charge in [0.2, 0.25) is 0 Å². The molecule has 0 amide bonds. The number of hydrogen-bond donors (Lipinski definition) is 1. The van der Waals surface area contributed by atoms with Gasteiger partial charge < -0.3 is 14.2 Å². The summed E-state index contributed by atoms with van der Waals surface area (Å²) in [4.78, 5) is 0. The first-order chi connectivity index (χ1) is 10.9. The average Bonchev–Trinajstić information content (AvgIpc) is 2.54. The van der Waals surface area contributed by atoms with Crippen LogP contribution in [0.5, 0.6) is 0 Å². The fourth-order valence-electron chi connectivity index (χ4n) is 1.86. The zero-order valence-corrected chi connectivity index (χ0v) is 14.9. The van der Waals surface area contributed by atoms with E-state index in [1.165, 1.54) is 32.1 Å². The molecule has 0 radical (unpaired) electrons. The monoisotopic (exact) mass is 330 g/mol. The number of allylic oxidation sites excluding steroid dienone is 2. The quantitative estimate of drug-likeness (QED) is 0.229. The fourth-order valence-corrected chi connectivity index (χ4v) is 2.08. The topological polar surface area (TPSA) is 27.7 Å². The Morgan fingerprint density at radius 3 is 1.91 bits per heavy atom. The molecule has 0 fully saturated rings. The van der Waals surface area contributed by atoms with E-state index < -0.39 is 0 Å². The second-order valence-electron chi connectivity index (χ2n) is 5.13. The molecule has 0 spiro atoms. The molecule has 0 aromatic carbocycles. The number of thiol groups is 1. The third-order valence-corrected chi connectivity index (χ3v) is 3.40. The molecule has 0 heterocycles. The average molecular weight is 331 g/mol. The number of unbranched alkanes of at least 4 members (excludes halogenated alkanes) is 5. The van der Waals surface area contributed by atoms with E-state index in [1.807, 2.05) is 0 Å². The highest BCUT2D eigenvalue weighted by atomic mass is 32.1. The minimum Gasteiger partial charge on any atom is -0.379 e. The summed E-state index contributed by atoms with van der Waals surface area (Å²) in [6.07, 6.45) is 14.8. The summed E-state index contributed by atoms with van der Waals surface area (Å²) < 4.78 is 16.1. The molecule has 0 unspecified atom stereocenters. The van der Waals surface area contributed by atoms with Gasteiger partial charge in [-0.1, -0.05) is 24.6 Å². The lowest BCUT2D eigenvalue weighted by Crippen LogP contribution is -2.09. The number of rotatable bonds is 18. The van der Waals surface area contributed by atoms with Crippen LogP contribution in [0.15, 0.2) is 24.8 Å². The van der Waals surface area contributed by atoms with Crippen molar-refractivity contribution in [3.05, 3.63) is 24.8 Å². The van der Waals surface area contributed by atoms with Gasteiger partial charge in [0.25, 0.3) is 0 Å². The highest BCUT2D eigenvalue weighted by Crippen LogP contribution is 2.03. The minimum absolute atomic E-state index is 0.587. The zero-order chi connectivity index (χ0) is 16.1. The van der Waals surface area contributed by atoms with E-state index in [2.05, 4.69) is 31.4 Å². The molecule has 0 aliphatic heterocycles. The van der Waals surface area contributed by atoms with Crippen molar-refractivity contribution < 1.29 is 14.2 Å². The molecule has 0 rings (SSSR count). The summed E-state index contributed by atoms with van der Waals surface area (Å²) in [6.45, 7) is 7.55. The van der Waals surface area contributed by atoms with Gasteiger partial charge in [-0.25, -0.2) is 0 Å². The first kappa shape index (κ1) is 21.7. The van der Waals surface area contributed by atoms with Crippen LogP contribution >= 0.6 is 12.6 Å². The van der Waals surface area contributed by atoms with Gasteiger partial charge in [0, 0.05) is 6.61 Å². The SMILES string of the molecule is C=CCOCCOCCOCCCC/C=C/CCCCCS. The van der Waals surface area contributed by atoms with E-state index in [9.17, 15) is 0 Å². The van der Waals surface area contributed by atoms with Gasteiger partial charge in [0.15, 0.2) is 0 Å². The van der Waals surface area contributed by atoms with Crippen LogP contribution in [0.25, 0.3) is 0 Å². The van der Waals surface area contributed by atoms with Crippen molar-refractivity contribution in [3.63, 3.8) is 0 Å². The predicted octanol–water partition coefficient (Wildman–Crippen LogP) is 4.44. The second-order valence-corrected chi connectivity index (χ2v) is 5.58. The van der Waals surface area contributed by atoms with Crippen LogP contribution in [0.3, 0.4) is 0 Å². The van der Waals surface area contributed by atoms with Crippen LogP contribution in [0.2, 0.25) is 0 Å². The molecular weight excluding hydrogens is 296 g/mol. The van der Waals surface area contributed by atoms with Crippen molar-refractivity contribution >= 4 is 12.6 Å². The Hall–Kier alpha value is -0.290. The highest BCUT2D eigenvalue weighted by Gasteiger charge is 1.91. The van der Waals surface area contributed by atoms with E-state index in [-0.39, 0.29) is 0 Å². The van der Waals surface area contributed by atoms with Gasteiger partial charge in [-0.15, -0.1) is 6.58 Å². The lowest BCUT2D eigenvalue weighted by molar-refractivity contribution is 0.0189. The lowest BCUT2D eigenvalue weighted by Gasteiger charge is -2.05. The molecule has 0 aliphatic rings. The van der Waals surface area contributed by atoms with Crippen LogP contribution in [0.4, 0.5) is 0 Å². The molecule has 130 valence electrons. The normalized spacial score (nSPS) is 11.3.